The maximum atomic E-state index is 12.5. The Kier molecular flexibility index (Phi) is 7.44. The van der Waals surface area contributed by atoms with Crippen LogP contribution in [-0.2, 0) is 21.4 Å². The molecule has 1 amide bonds. The van der Waals surface area contributed by atoms with E-state index in [9.17, 15) is 13.2 Å². The van der Waals surface area contributed by atoms with Gasteiger partial charge < -0.3 is 5.32 Å². The Morgan fingerprint density at radius 1 is 1.00 bits per heavy atom. The lowest BCUT2D eigenvalue weighted by Crippen LogP contribution is -2.50. The Bertz CT molecular complexity index is 939. The normalized spacial score (nSPS) is 16.2. The minimum atomic E-state index is -3.47. The second-order valence-corrected chi connectivity index (χ2v) is 9.09. The number of benzene rings is 2. The van der Waals surface area contributed by atoms with E-state index in [1.54, 1.807) is 18.2 Å². The fraction of sp³-hybridized carbons (Fsp3) is 0.286. The van der Waals surface area contributed by atoms with Crippen molar-refractivity contribution < 1.29 is 13.2 Å². The molecule has 2 aromatic carbocycles. The highest BCUT2D eigenvalue weighted by atomic mass is 35.5. The molecule has 6 nitrogen and oxygen atoms in total. The molecule has 1 N–H and O–H groups in total. The number of piperazine rings is 1. The van der Waals surface area contributed by atoms with Crippen molar-refractivity contribution in [3.8, 4) is 0 Å². The molecule has 0 bridgehead atoms. The highest BCUT2D eigenvalue weighted by molar-refractivity contribution is 7.92. The van der Waals surface area contributed by atoms with Gasteiger partial charge in [-0.15, -0.1) is 0 Å². The molecule has 154 valence electrons. The molecule has 0 aliphatic carbocycles. The third-order valence-corrected chi connectivity index (χ3v) is 6.51. The van der Waals surface area contributed by atoms with Crippen molar-refractivity contribution in [3.63, 3.8) is 0 Å². The second-order valence-electron chi connectivity index (χ2n) is 6.84. The zero-order valence-electron chi connectivity index (χ0n) is 16.0. The first-order chi connectivity index (χ1) is 13.9. The van der Waals surface area contributed by atoms with Crippen molar-refractivity contribution in [2.75, 3.05) is 32.7 Å². The van der Waals surface area contributed by atoms with Crippen molar-refractivity contribution in [2.45, 2.75) is 6.54 Å². The van der Waals surface area contributed by atoms with Gasteiger partial charge in [-0.25, -0.2) is 8.42 Å². The van der Waals surface area contributed by atoms with Crippen molar-refractivity contribution in [3.05, 3.63) is 76.2 Å². The van der Waals surface area contributed by atoms with E-state index in [0.29, 0.717) is 37.7 Å². The molecule has 2 aromatic rings. The molecular formula is C21H24ClN3O3S. The van der Waals surface area contributed by atoms with Crippen LogP contribution in [0.5, 0.6) is 0 Å². The lowest BCUT2D eigenvalue weighted by atomic mass is 10.2. The van der Waals surface area contributed by atoms with Crippen molar-refractivity contribution in [1.29, 1.82) is 0 Å². The zero-order valence-corrected chi connectivity index (χ0v) is 17.6. The average Bonchev–Trinajstić information content (AvgIpc) is 2.73. The number of hydrogen-bond acceptors (Lipinski definition) is 4. The first-order valence-corrected chi connectivity index (χ1v) is 11.3. The molecular weight excluding hydrogens is 410 g/mol. The topological polar surface area (TPSA) is 69.7 Å². The van der Waals surface area contributed by atoms with Gasteiger partial charge in [-0.3, -0.25) is 9.69 Å². The Balaban J connectivity index is 1.44. The number of nitrogens with one attached hydrogen (secondary N) is 1. The third-order valence-electron chi connectivity index (χ3n) is 4.69. The number of amides is 1. The summed E-state index contributed by atoms with van der Waals surface area (Å²) in [5.41, 5.74) is 1.82. The first-order valence-electron chi connectivity index (χ1n) is 9.39. The lowest BCUT2D eigenvalue weighted by molar-refractivity contribution is -0.122. The smallest absolute Gasteiger partial charge is 0.236 e. The number of halogens is 1. The molecule has 1 heterocycles. The molecule has 29 heavy (non-hydrogen) atoms. The average molecular weight is 434 g/mol. The molecule has 0 atom stereocenters. The molecule has 0 unspecified atom stereocenters. The molecule has 1 saturated heterocycles. The second kappa shape index (κ2) is 10.0. The predicted octanol–water partition coefficient (Wildman–Crippen LogP) is 2.57. The summed E-state index contributed by atoms with van der Waals surface area (Å²) in [5.74, 6) is -0.0831. The van der Waals surface area contributed by atoms with Crippen LogP contribution in [0, 0.1) is 0 Å². The zero-order chi connectivity index (χ0) is 20.7. The standard InChI is InChI=1S/C21H24ClN3O3S/c22-20-8-6-19(7-9-20)16-23-21(26)17-24-11-13-25(14-12-24)29(27,28)15-10-18-4-2-1-3-5-18/h1-10,15H,11-14,16-17H2,(H,23,26)/b15-10+. The van der Waals surface area contributed by atoms with Gasteiger partial charge in [0, 0.05) is 43.2 Å². The van der Waals surface area contributed by atoms with Crippen LogP contribution >= 0.6 is 11.6 Å². The number of sulfonamides is 1. The van der Waals surface area contributed by atoms with Gasteiger partial charge in [-0.05, 0) is 29.3 Å². The third kappa shape index (κ3) is 6.68. The number of rotatable bonds is 7. The highest BCUT2D eigenvalue weighted by Gasteiger charge is 2.25. The molecule has 0 radical (unpaired) electrons. The summed E-state index contributed by atoms with van der Waals surface area (Å²) in [6.45, 7) is 2.47. The van der Waals surface area contributed by atoms with E-state index in [1.165, 1.54) is 9.71 Å². The van der Waals surface area contributed by atoms with E-state index in [2.05, 4.69) is 5.32 Å². The van der Waals surface area contributed by atoms with Crippen LogP contribution in [0.4, 0.5) is 0 Å². The van der Waals surface area contributed by atoms with Crippen LogP contribution in [0.2, 0.25) is 5.02 Å². The van der Waals surface area contributed by atoms with Gasteiger partial charge in [0.1, 0.15) is 0 Å². The van der Waals surface area contributed by atoms with Crippen molar-refractivity contribution in [1.82, 2.24) is 14.5 Å². The van der Waals surface area contributed by atoms with Crippen LogP contribution in [0.1, 0.15) is 11.1 Å². The van der Waals surface area contributed by atoms with Gasteiger partial charge in [-0.2, -0.15) is 4.31 Å². The molecule has 0 saturated carbocycles. The van der Waals surface area contributed by atoms with Gasteiger partial charge in [-0.1, -0.05) is 54.1 Å². The molecule has 0 aromatic heterocycles. The number of hydrogen-bond donors (Lipinski definition) is 1. The van der Waals surface area contributed by atoms with E-state index in [1.807, 2.05) is 47.4 Å². The molecule has 1 aliphatic rings. The fourth-order valence-electron chi connectivity index (χ4n) is 3.02. The molecule has 8 heteroatoms. The maximum Gasteiger partial charge on any atom is 0.236 e. The Morgan fingerprint density at radius 3 is 2.31 bits per heavy atom. The maximum absolute atomic E-state index is 12.5. The molecule has 1 fully saturated rings. The van der Waals surface area contributed by atoms with Gasteiger partial charge in [0.2, 0.25) is 15.9 Å². The van der Waals surface area contributed by atoms with Gasteiger partial charge in [0.05, 0.1) is 6.54 Å². The molecule has 1 aliphatic heterocycles. The van der Waals surface area contributed by atoms with E-state index in [4.69, 9.17) is 11.6 Å². The van der Waals surface area contributed by atoms with E-state index >= 15 is 0 Å². The highest BCUT2D eigenvalue weighted by Crippen LogP contribution is 2.12. The summed E-state index contributed by atoms with van der Waals surface area (Å²) >= 11 is 5.85. The summed E-state index contributed by atoms with van der Waals surface area (Å²) < 4.78 is 26.5. The summed E-state index contributed by atoms with van der Waals surface area (Å²) in [7, 11) is -3.47. The summed E-state index contributed by atoms with van der Waals surface area (Å²) in [5, 5.41) is 4.78. The SMILES string of the molecule is O=C(CN1CCN(S(=O)(=O)/C=C/c2ccccc2)CC1)NCc1ccc(Cl)cc1. The fourth-order valence-corrected chi connectivity index (χ4v) is 4.32. The molecule has 0 spiro atoms. The predicted molar refractivity (Wildman–Crippen MR) is 116 cm³/mol. The van der Waals surface area contributed by atoms with Crippen LogP contribution in [0.3, 0.4) is 0 Å². The van der Waals surface area contributed by atoms with Crippen LogP contribution < -0.4 is 5.32 Å². The van der Waals surface area contributed by atoms with Crippen molar-refractivity contribution in [2.24, 2.45) is 0 Å². The Morgan fingerprint density at radius 2 is 1.66 bits per heavy atom. The minimum Gasteiger partial charge on any atom is -0.351 e. The minimum absolute atomic E-state index is 0.0831. The summed E-state index contributed by atoms with van der Waals surface area (Å²) in [4.78, 5) is 14.1. The van der Waals surface area contributed by atoms with E-state index in [0.717, 1.165) is 11.1 Å². The van der Waals surface area contributed by atoms with Crippen LogP contribution in [0.15, 0.2) is 60.0 Å². The molecule has 3 rings (SSSR count). The Labute approximate surface area is 176 Å². The van der Waals surface area contributed by atoms with Gasteiger partial charge in [0.25, 0.3) is 0 Å². The number of carbonyl (C=O) groups excluding carboxylic acids is 1. The monoisotopic (exact) mass is 433 g/mol. The first kappa shape index (κ1) is 21.5. The number of carbonyl (C=O) groups is 1. The lowest BCUT2D eigenvalue weighted by Gasteiger charge is -2.32. The summed E-state index contributed by atoms with van der Waals surface area (Å²) in [6, 6.07) is 16.6. The van der Waals surface area contributed by atoms with Crippen LogP contribution in [0.25, 0.3) is 6.08 Å². The number of nitrogens with zero attached hydrogens (tertiary/aromatic N) is 2. The Hall–Kier alpha value is -2.19. The summed E-state index contributed by atoms with van der Waals surface area (Å²) in [6.07, 6.45) is 1.60. The van der Waals surface area contributed by atoms with Gasteiger partial charge >= 0.3 is 0 Å². The van der Waals surface area contributed by atoms with Crippen molar-refractivity contribution >= 4 is 33.6 Å². The van der Waals surface area contributed by atoms with Gasteiger partial charge in [0.15, 0.2) is 0 Å². The van der Waals surface area contributed by atoms with E-state index < -0.39 is 10.0 Å². The largest absolute Gasteiger partial charge is 0.351 e. The van der Waals surface area contributed by atoms with Crippen LogP contribution in [-0.4, -0.2) is 56.3 Å². The van der Waals surface area contributed by atoms with E-state index in [-0.39, 0.29) is 12.5 Å². The quantitative estimate of drug-likeness (QED) is 0.728.